The molecule has 1 aliphatic rings. The average molecular weight is 682 g/mol. The molecule has 0 unspecified atom stereocenters. The van der Waals surface area contributed by atoms with E-state index in [0.29, 0.717) is 11.5 Å². The van der Waals surface area contributed by atoms with Gasteiger partial charge in [0, 0.05) is 6.04 Å². The first-order valence-electron chi connectivity index (χ1n) is 18.2. The van der Waals surface area contributed by atoms with Gasteiger partial charge in [0.25, 0.3) is 0 Å². The van der Waals surface area contributed by atoms with Crippen LogP contribution in [0.5, 0.6) is 0 Å². The molecule has 1 fully saturated rings. The van der Waals surface area contributed by atoms with Crippen LogP contribution in [0, 0.1) is 6.92 Å². The SMILES string of the molecule is CCCCCCCCCCCCC[C@H]1C[C@@H](O[Si](C)(C)C(C)(C)C)[C@H](CO[Si](C)(C)C(C)(C)C)N1S(=O)(=O)c1ccc(C)cc1. The van der Waals surface area contributed by atoms with Crippen LogP contribution in [0.2, 0.25) is 36.3 Å². The molecule has 1 saturated heterocycles. The standard InChI is InChI=1S/C37H71NO4SSi2/c1-13-14-15-16-17-18-19-20-21-22-23-24-32-29-35(42-45(11,12)37(6,7)8)34(30-41-44(9,10)36(3,4)5)38(32)43(39,40)33-27-25-31(2)26-28-33/h25-28,32,34-35H,13-24,29-30H2,1-12H3/t32-,34-,35+/m0/s1. The molecule has 5 nitrogen and oxygen atoms in total. The molecule has 3 atom stereocenters. The van der Waals surface area contributed by atoms with Gasteiger partial charge < -0.3 is 8.85 Å². The lowest BCUT2D eigenvalue weighted by Crippen LogP contribution is -2.52. The number of hydrogen-bond donors (Lipinski definition) is 0. The largest absolute Gasteiger partial charge is 0.415 e. The van der Waals surface area contributed by atoms with Crippen LogP contribution in [0.15, 0.2) is 29.2 Å². The van der Waals surface area contributed by atoms with Crippen LogP contribution in [0.25, 0.3) is 0 Å². The summed E-state index contributed by atoms with van der Waals surface area (Å²) in [7, 11) is -8.02. The van der Waals surface area contributed by atoms with E-state index in [4.69, 9.17) is 8.85 Å². The fourth-order valence-electron chi connectivity index (χ4n) is 5.83. The summed E-state index contributed by atoms with van der Waals surface area (Å²) in [5, 5.41) is 0.0730. The second-order valence-electron chi connectivity index (χ2n) is 16.9. The topological polar surface area (TPSA) is 55.8 Å². The summed E-state index contributed by atoms with van der Waals surface area (Å²) in [5.74, 6) is 0. The fraction of sp³-hybridized carbons (Fsp3) is 0.838. The normalized spacial score (nSPS) is 20.7. The second-order valence-corrected chi connectivity index (χ2v) is 28.3. The minimum atomic E-state index is -3.74. The van der Waals surface area contributed by atoms with E-state index in [1.807, 2.05) is 23.4 Å². The predicted octanol–water partition coefficient (Wildman–Crippen LogP) is 11.2. The highest BCUT2D eigenvalue weighted by molar-refractivity contribution is 7.89. The van der Waals surface area contributed by atoms with E-state index in [1.54, 1.807) is 12.1 Å². The number of unbranched alkanes of at least 4 members (excludes halogenated alkanes) is 10. The molecule has 262 valence electrons. The minimum absolute atomic E-state index is 0.0343. The molecule has 0 aromatic heterocycles. The van der Waals surface area contributed by atoms with Gasteiger partial charge >= 0.3 is 0 Å². The first-order valence-corrected chi connectivity index (χ1v) is 25.4. The van der Waals surface area contributed by atoms with Gasteiger partial charge in [0.2, 0.25) is 10.0 Å². The van der Waals surface area contributed by atoms with E-state index < -0.39 is 26.7 Å². The van der Waals surface area contributed by atoms with Crippen LogP contribution in [-0.4, -0.2) is 54.2 Å². The zero-order valence-corrected chi connectivity index (χ0v) is 34.2. The molecule has 0 aliphatic carbocycles. The van der Waals surface area contributed by atoms with Crippen molar-refractivity contribution in [1.29, 1.82) is 0 Å². The number of sulfonamides is 1. The zero-order valence-electron chi connectivity index (χ0n) is 31.4. The Balaban J connectivity index is 2.29. The van der Waals surface area contributed by atoms with Crippen molar-refractivity contribution in [2.45, 2.75) is 198 Å². The summed E-state index contributed by atoms with van der Waals surface area (Å²) < 4.78 is 44.8. The molecule has 1 aromatic rings. The Kier molecular flexibility index (Phi) is 15.6. The van der Waals surface area contributed by atoms with Crippen LogP contribution in [0.3, 0.4) is 0 Å². The van der Waals surface area contributed by atoms with Crippen molar-refractivity contribution in [1.82, 2.24) is 4.31 Å². The Morgan fingerprint density at radius 3 is 1.69 bits per heavy atom. The van der Waals surface area contributed by atoms with Crippen molar-refractivity contribution in [3.63, 3.8) is 0 Å². The van der Waals surface area contributed by atoms with Crippen molar-refractivity contribution < 1.29 is 17.3 Å². The number of hydrogen-bond acceptors (Lipinski definition) is 4. The van der Waals surface area contributed by atoms with Gasteiger partial charge in [0.05, 0.1) is 23.6 Å². The van der Waals surface area contributed by atoms with E-state index >= 15 is 0 Å². The van der Waals surface area contributed by atoms with Crippen molar-refractivity contribution in [2.24, 2.45) is 0 Å². The third-order valence-corrected chi connectivity index (χ3v) is 22.0. The Morgan fingerprint density at radius 1 is 0.756 bits per heavy atom. The Morgan fingerprint density at radius 2 is 1.22 bits per heavy atom. The fourth-order valence-corrected chi connectivity index (χ4v) is 10.1. The summed E-state index contributed by atoms with van der Waals surface area (Å²) in [6.07, 6.45) is 15.6. The number of rotatable bonds is 19. The zero-order chi connectivity index (χ0) is 34.1. The summed E-state index contributed by atoms with van der Waals surface area (Å²) in [6, 6.07) is 6.95. The maximum atomic E-state index is 14.5. The molecule has 0 radical (unpaired) electrons. The highest BCUT2D eigenvalue weighted by atomic mass is 32.2. The van der Waals surface area contributed by atoms with Crippen molar-refractivity contribution in [2.75, 3.05) is 6.61 Å². The molecule has 0 spiro atoms. The van der Waals surface area contributed by atoms with Gasteiger partial charge in [-0.3, -0.25) is 0 Å². The lowest BCUT2D eigenvalue weighted by Gasteiger charge is -2.42. The van der Waals surface area contributed by atoms with Crippen molar-refractivity contribution in [3.8, 4) is 0 Å². The van der Waals surface area contributed by atoms with E-state index in [9.17, 15) is 8.42 Å². The van der Waals surface area contributed by atoms with E-state index in [0.717, 1.165) is 31.2 Å². The van der Waals surface area contributed by atoms with Gasteiger partial charge in [-0.2, -0.15) is 4.31 Å². The van der Waals surface area contributed by atoms with Gasteiger partial charge in [-0.15, -0.1) is 0 Å². The molecule has 0 amide bonds. The minimum Gasteiger partial charge on any atom is -0.415 e. The summed E-state index contributed by atoms with van der Waals surface area (Å²) in [5.41, 5.74) is 1.06. The molecule has 2 rings (SSSR count). The monoisotopic (exact) mass is 681 g/mol. The summed E-state index contributed by atoms with van der Waals surface area (Å²) in [6.45, 7) is 27.3. The maximum absolute atomic E-state index is 14.5. The number of nitrogens with zero attached hydrogens (tertiary/aromatic N) is 1. The molecular weight excluding hydrogens is 611 g/mol. The van der Waals surface area contributed by atoms with E-state index in [2.05, 4.69) is 74.7 Å². The quantitative estimate of drug-likeness (QED) is 0.108. The van der Waals surface area contributed by atoms with Crippen LogP contribution in [0.4, 0.5) is 0 Å². The average Bonchev–Trinajstić information content (AvgIpc) is 3.26. The van der Waals surface area contributed by atoms with Crippen LogP contribution in [-0.2, 0) is 18.9 Å². The summed E-state index contributed by atoms with van der Waals surface area (Å²) >= 11 is 0. The van der Waals surface area contributed by atoms with Crippen LogP contribution < -0.4 is 0 Å². The highest BCUT2D eigenvalue weighted by Gasteiger charge is 2.52. The first kappa shape index (κ1) is 40.7. The van der Waals surface area contributed by atoms with Gasteiger partial charge in [-0.1, -0.05) is 137 Å². The lowest BCUT2D eigenvalue weighted by atomic mass is 10.0. The van der Waals surface area contributed by atoms with Crippen LogP contribution >= 0.6 is 0 Å². The van der Waals surface area contributed by atoms with E-state index in [1.165, 1.54) is 57.8 Å². The molecule has 0 bridgehead atoms. The second kappa shape index (κ2) is 17.2. The third-order valence-electron chi connectivity index (χ3n) is 11.0. The van der Waals surface area contributed by atoms with Gasteiger partial charge in [0.15, 0.2) is 16.6 Å². The smallest absolute Gasteiger partial charge is 0.243 e. The Labute approximate surface area is 281 Å². The molecule has 8 heteroatoms. The van der Waals surface area contributed by atoms with Crippen molar-refractivity contribution in [3.05, 3.63) is 29.8 Å². The van der Waals surface area contributed by atoms with Crippen molar-refractivity contribution >= 4 is 26.7 Å². The molecule has 1 heterocycles. The number of benzene rings is 1. The molecule has 0 N–H and O–H groups in total. The molecule has 1 aliphatic heterocycles. The van der Waals surface area contributed by atoms with Gasteiger partial charge in [0.1, 0.15) is 0 Å². The highest BCUT2D eigenvalue weighted by Crippen LogP contribution is 2.44. The summed E-state index contributed by atoms with van der Waals surface area (Å²) in [4.78, 5) is 0.377. The first-order chi connectivity index (χ1) is 20.7. The predicted molar refractivity (Wildman–Crippen MR) is 199 cm³/mol. The molecule has 45 heavy (non-hydrogen) atoms. The lowest BCUT2D eigenvalue weighted by molar-refractivity contribution is 0.106. The maximum Gasteiger partial charge on any atom is 0.243 e. The Hall–Kier alpha value is -0.516. The van der Waals surface area contributed by atoms with Crippen LogP contribution in [0.1, 0.15) is 138 Å². The van der Waals surface area contributed by atoms with Gasteiger partial charge in [-0.05, 0) is 68.2 Å². The number of aryl methyl sites for hydroxylation is 1. The molecule has 0 saturated carbocycles. The van der Waals surface area contributed by atoms with Gasteiger partial charge in [-0.25, -0.2) is 8.42 Å². The third kappa shape index (κ3) is 11.8. The molecule has 1 aromatic carbocycles. The molecular formula is C37H71NO4SSi2. The van der Waals surface area contributed by atoms with E-state index in [-0.39, 0.29) is 28.3 Å². The Bertz CT molecular complexity index is 1110.